The number of hydrogen-bond acceptors (Lipinski definition) is 3. The van der Waals surface area contributed by atoms with Crippen LogP contribution in [0.25, 0.3) is 0 Å². The minimum atomic E-state index is -0.0764. The molecular weight excluding hydrogens is 216 g/mol. The molecule has 0 aliphatic carbocycles. The fourth-order valence-corrected chi connectivity index (χ4v) is 2.17. The van der Waals surface area contributed by atoms with Gasteiger partial charge in [-0.3, -0.25) is 4.79 Å². The second kappa shape index (κ2) is 4.75. The summed E-state index contributed by atoms with van der Waals surface area (Å²) in [4.78, 5) is 16.1. The van der Waals surface area contributed by atoms with E-state index in [9.17, 15) is 9.90 Å². The van der Waals surface area contributed by atoms with Crippen LogP contribution in [0.1, 0.15) is 16.8 Å². The number of hydrogen-bond donors (Lipinski definition) is 1. The summed E-state index contributed by atoms with van der Waals surface area (Å²) < 4.78 is 0. The molecule has 0 aromatic heterocycles. The molecule has 1 heterocycles. The number of phenols is 1. The van der Waals surface area contributed by atoms with Crippen molar-refractivity contribution in [1.29, 1.82) is 0 Å². The number of aromatic hydroxyl groups is 1. The van der Waals surface area contributed by atoms with E-state index in [1.165, 1.54) is 0 Å². The quantitative estimate of drug-likeness (QED) is 0.835. The van der Waals surface area contributed by atoms with Crippen molar-refractivity contribution in [2.75, 3.05) is 27.2 Å². The topological polar surface area (TPSA) is 43.8 Å². The first kappa shape index (κ1) is 11.9. The van der Waals surface area contributed by atoms with E-state index in [-0.39, 0.29) is 11.7 Å². The van der Waals surface area contributed by atoms with Crippen molar-refractivity contribution < 1.29 is 9.90 Å². The minimum absolute atomic E-state index is 0.0609. The molecule has 1 N–H and O–H groups in total. The molecule has 1 amide bonds. The average Bonchev–Trinajstić information content (AvgIpc) is 2.78. The van der Waals surface area contributed by atoms with Gasteiger partial charge in [-0.1, -0.05) is 12.1 Å². The van der Waals surface area contributed by atoms with Crippen molar-refractivity contribution in [1.82, 2.24) is 9.80 Å². The van der Waals surface area contributed by atoms with Gasteiger partial charge in [0.25, 0.3) is 5.91 Å². The van der Waals surface area contributed by atoms with Gasteiger partial charge in [-0.15, -0.1) is 0 Å². The third-order valence-corrected chi connectivity index (χ3v) is 3.32. The second-order valence-electron chi connectivity index (χ2n) is 4.67. The molecule has 1 saturated heterocycles. The third-order valence-electron chi connectivity index (χ3n) is 3.32. The lowest BCUT2D eigenvalue weighted by molar-refractivity contribution is 0.0780. The van der Waals surface area contributed by atoms with Gasteiger partial charge in [0.2, 0.25) is 0 Å². The van der Waals surface area contributed by atoms with Gasteiger partial charge in [-0.25, -0.2) is 0 Å². The predicted molar refractivity (Wildman–Crippen MR) is 66.1 cm³/mol. The van der Waals surface area contributed by atoms with Gasteiger partial charge in [0.15, 0.2) is 0 Å². The average molecular weight is 234 g/mol. The summed E-state index contributed by atoms with van der Waals surface area (Å²) in [6.45, 7) is 1.50. The first-order valence-corrected chi connectivity index (χ1v) is 5.83. The number of para-hydroxylation sites is 1. The van der Waals surface area contributed by atoms with E-state index in [2.05, 4.69) is 4.90 Å². The smallest absolute Gasteiger partial charge is 0.257 e. The molecular formula is C13H18N2O2. The number of nitrogens with zero attached hydrogens (tertiary/aromatic N) is 2. The number of rotatable bonds is 2. The van der Waals surface area contributed by atoms with E-state index in [1.807, 2.05) is 14.1 Å². The van der Waals surface area contributed by atoms with Crippen LogP contribution in [0.4, 0.5) is 0 Å². The summed E-state index contributed by atoms with van der Waals surface area (Å²) in [6, 6.07) is 7.13. The van der Waals surface area contributed by atoms with E-state index in [0.29, 0.717) is 11.6 Å². The van der Waals surface area contributed by atoms with Crippen LogP contribution in [-0.2, 0) is 0 Å². The normalized spacial score (nSPS) is 19.9. The number of benzene rings is 1. The fourth-order valence-electron chi connectivity index (χ4n) is 2.17. The molecule has 1 aliphatic rings. The highest BCUT2D eigenvalue weighted by molar-refractivity contribution is 5.96. The molecule has 0 saturated carbocycles. The summed E-state index contributed by atoms with van der Waals surface area (Å²) in [5.41, 5.74) is 0.395. The van der Waals surface area contributed by atoms with E-state index in [4.69, 9.17) is 0 Å². The van der Waals surface area contributed by atoms with E-state index < -0.39 is 0 Å². The SMILES string of the molecule is CN(C)[C@H]1CCN(C(=O)c2ccccc2O)C1. The number of amides is 1. The monoisotopic (exact) mass is 234 g/mol. The lowest BCUT2D eigenvalue weighted by atomic mass is 10.2. The Bertz CT molecular complexity index is 418. The van der Waals surface area contributed by atoms with Gasteiger partial charge in [0.1, 0.15) is 5.75 Å². The molecule has 0 spiro atoms. The van der Waals surface area contributed by atoms with Gasteiger partial charge in [-0.2, -0.15) is 0 Å². The van der Waals surface area contributed by atoms with Crippen molar-refractivity contribution in [2.24, 2.45) is 0 Å². The number of likely N-dealkylation sites (tertiary alicyclic amines) is 1. The maximum absolute atomic E-state index is 12.2. The zero-order chi connectivity index (χ0) is 12.4. The molecule has 92 valence electrons. The van der Waals surface area contributed by atoms with Gasteiger partial charge >= 0.3 is 0 Å². The Morgan fingerprint density at radius 1 is 1.41 bits per heavy atom. The second-order valence-corrected chi connectivity index (χ2v) is 4.67. The maximum Gasteiger partial charge on any atom is 0.257 e. The highest BCUT2D eigenvalue weighted by Crippen LogP contribution is 2.21. The Morgan fingerprint density at radius 3 is 2.71 bits per heavy atom. The summed E-state index contributed by atoms with van der Waals surface area (Å²) >= 11 is 0. The number of carbonyl (C=O) groups excluding carboxylic acids is 1. The van der Waals surface area contributed by atoms with Crippen molar-refractivity contribution in [3.63, 3.8) is 0 Å². The largest absolute Gasteiger partial charge is 0.507 e. The van der Waals surface area contributed by atoms with Crippen molar-refractivity contribution in [3.05, 3.63) is 29.8 Å². The Morgan fingerprint density at radius 2 is 2.12 bits per heavy atom. The summed E-state index contributed by atoms with van der Waals surface area (Å²) in [5, 5.41) is 9.66. The summed E-state index contributed by atoms with van der Waals surface area (Å²) in [7, 11) is 4.05. The van der Waals surface area contributed by atoms with Crippen LogP contribution < -0.4 is 0 Å². The predicted octanol–water partition coefficient (Wildman–Crippen LogP) is 1.17. The molecule has 0 radical (unpaired) electrons. The zero-order valence-corrected chi connectivity index (χ0v) is 10.3. The number of likely N-dealkylation sites (N-methyl/N-ethyl adjacent to an activating group) is 1. The Hall–Kier alpha value is -1.55. The molecule has 0 bridgehead atoms. The lowest BCUT2D eigenvalue weighted by Crippen LogP contribution is -2.34. The van der Waals surface area contributed by atoms with Crippen molar-refractivity contribution >= 4 is 5.91 Å². The molecule has 2 rings (SSSR count). The highest BCUT2D eigenvalue weighted by Gasteiger charge is 2.28. The number of carbonyl (C=O) groups is 1. The van der Waals surface area contributed by atoms with E-state index in [0.717, 1.165) is 19.5 Å². The zero-order valence-electron chi connectivity index (χ0n) is 10.3. The molecule has 1 atom stereocenters. The minimum Gasteiger partial charge on any atom is -0.507 e. The molecule has 1 fully saturated rings. The van der Waals surface area contributed by atoms with Crippen molar-refractivity contribution in [3.8, 4) is 5.75 Å². The first-order valence-electron chi connectivity index (χ1n) is 5.83. The molecule has 1 aromatic carbocycles. The van der Waals surface area contributed by atoms with Crippen LogP contribution in [0.2, 0.25) is 0 Å². The standard InChI is InChI=1S/C13H18N2O2/c1-14(2)10-7-8-15(9-10)13(17)11-5-3-4-6-12(11)16/h3-6,10,16H,7-9H2,1-2H3/t10-/m0/s1. The molecule has 1 aromatic rings. The van der Waals surface area contributed by atoms with E-state index >= 15 is 0 Å². The summed E-state index contributed by atoms with van der Waals surface area (Å²) in [6.07, 6.45) is 0.992. The molecule has 4 nitrogen and oxygen atoms in total. The lowest BCUT2D eigenvalue weighted by Gasteiger charge is -2.20. The Balaban J connectivity index is 2.10. The third kappa shape index (κ3) is 2.42. The Labute approximate surface area is 101 Å². The maximum atomic E-state index is 12.2. The molecule has 4 heteroatoms. The fraction of sp³-hybridized carbons (Fsp3) is 0.462. The Kier molecular flexibility index (Phi) is 3.33. The number of phenolic OH excluding ortho intramolecular Hbond substituents is 1. The van der Waals surface area contributed by atoms with E-state index in [1.54, 1.807) is 29.2 Å². The van der Waals surface area contributed by atoms with Crippen molar-refractivity contribution in [2.45, 2.75) is 12.5 Å². The molecule has 1 aliphatic heterocycles. The van der Waals surface area contributed by atoms with Crippen LogP contribution in [-0.4, -0.2) is 54.0 Å². The van der Waals surface area contributed by atoms with Gasteiger partial charge < -0.3 is 14.9 Å². The van der Waals surface area contributed by atoms with Gasteiger partial charge in [0, 0.05) is 19.1 Å². The van der Waals surface area contributed by atoms with Crippen LogP contribution in [0.5, 0.6) is 5.75 Å². The first-order chi connectivity index (χ1) is 8.09. The van der Waals surface area contributed by atoms with Gasteiger partial charge in [0.05, 0.1) is 5.56 Å². The molecule has 17 heavy (non-hydrogen) atoms. The molecule has 0 unspecified atom stereocenters. The van der Waals surface area contributed by atoms with Crippen LogP contribution in [0, 0.1) is 0 Å². The van der Waals surface area contributed by atoms with Gasteiger partial charge in [-0.05, 0) is 32.6 Å². The van der Waals surface area contributed by atoms with Crippen LogP contribution >= 0.6 is 0 Å². The highest BCUT2D eigenvalue weighted by atomic mass is 16.3. The van der Waals surface area contributed by atoms with Crippen LogP contribution in [0.15, 0.2) is 24.3 Å². The summed E-state index contributed by atoms with van der Waals surface area (Å²) in [5.74, 6) is -0.0155. The van der Waals surface area contributed by atoms with Crippen LogP contribution in [0.3, 0.4) is 0 Å².